The highest BCUT2D eigenvalue weighted by Crippen LogP contribution is 2.40. The molecule has 0 unspecified atom stereocenters. The Hall–Kier alpha value is -1.98. The van der Waals surface area contributed by atoms with Crippen LogP contribution in [0.4, 0.5) is 0 Å². The Balaban J connectivity index is 1.84. The van der Waals surface area contributed by atoms with E-state index in [2.05, 4.69) is 0 Å². The molecule has 1 aliphatic heterocycles. The number of para-hydroxylation sites is 1. The van der Waals surface area contributed by atoms with Crippen LogP contribution in [-0.2, 0) is 11.2 Å². The van der Waals surface area contributed by atoms with Gasteiger partial charge in [-0.1, -0.05) is 24.3 Å². The Labute approximate surface area is 126 Å². The molecule has 1 atom stereocenters. The number of fused-ring (bicyclic) bond motifs is 2. The number of benzene rings is 2. The van der Waals surface area contributed by atoms with Crippen LogP contribution in [0.1, 0.15) is 11.1 Å². The summed E-state index contributed by atoms with van der Waals surface area (Å²) in [5.41, 5.74) is 7.80. The highest BCUT2D eigenvalue weighted by Gasteiger charge is 2.20. The van der Waals surface area contributed by atoms with Crippen molar-refractivity contribution in [3.63, 3.8) is 0 Å². The number of carbonyl (C=O) groups is 1. The molecule has 0 aliphatic carbocycles. The zero-order chi connectivity index (χ0) is 14.8. The molecule has 0 bridgehead atoms. The van der Waals surface area contributed by atoms with Crippen molar-refractivity contribution in [1.29, 1.82) is 0 Å². The van der Waals surface area contributed by atoms with Crippen molar-refractivity contribution in [2.45, 2.75) is 17.4 Å². The lowest BCUT2D eigenvalue weighted by Crippen LogP contribution is -2.32. The van der Waals surface area contributed by atoms with Crippen molar-refractivity contribution in [3.8, 4) is 11.5 Å². The van der Waals surface area contributed by atoms with Crippen LogP contribution in [0.3, 0.4) is 0 Å². The summed E-state index contributed by atoms with van der Waals surface area (Å²) in [6.45, 7) is 0. The maximum absolute atomic E-state index is 10.8. The molecule has 3 N–H and O–H groups in total. The fourth-order valence-corrected chi connectivity index (χ4v) is 3.28. The van der Waals surface area contributed by atoms with E-state index in [0.29, 0.717) is 5.75 Å². The minimum atomic E-state index is -0.978. The van der Waals surface area contributed by atoms with Gasteiger partial charge in [0, 0.05) is 22.6 Å². The molecule has 0 saturated heterocycles. The van der Waals surface area contributed by atoms with Gasteiger partial charge < -0.3 is 15.6 Å². The Morgan fingerprint density at radius 2 is 2.00 bits per heavy atom. The van der Waals surface area contributed by atoms with Gasteiger partial charge in [-0.3, -0.25) is 4.79 Å². The minimum absolute atomic E-state index is 0.341. The fraction of sp³-hybridized carbons (Fsp3) is 0.188. The predicted molar refractivity (Wildman–Crippen MR) is 82.1 cm³/mol. The third-order valence-corrected chi connectivity index (χ3v) is 4.60. The first-order chi connectivity index (χ1) is 10.1. The van der Waals surface area contributed by atoms with E-state index >= 15 is 0 Å². The molecule has 0 aromatic heterocycles. The first-order valence-electron chi connectivity index (χ1n) is 6.64. The molecule has 2 aromatic carbocycles. The molecule has 3 rings (SSSR count). The number of rotatable bonds is 4. The van der Waals surface area contributed by atoms with Gasteiger partial charge >= 0.3 is 5.97 Å². The summed E-state index contributed by atoms with van der Waals surface area (Å²) in [7, 11) is 0. The molecule has 2 aromatic rings. The monoisotopic (exact) mass is 301 g/mol. The van der Waals surface area contributed by atoms with Crippen molar-refractivity contribution < 1.29 is 14.6 Å². The van der Waals surface area contributed by atoms with Gasteiger partial charge in [0.15, 0.2) is 0 Å². The average Bonchev–Trinajstić information content (AvgIpc) is 2.50. The Kier molecular flexibility index (Phi) is 3.86. The zero-order valence-electron chi connectivity index (χ0n) is 11.3. The molecule has 0 saturated carbocycles. The Morgan fingerprint density at radius 1 is 1.24 bits per heavy atom. The predicted octanol–water partition coefficient (Wildman–Crippen LogP) is 2.89. The van der Waals surface area contributed by atoms with E-state index in [0.717, 1.165) is 33.9 Å². The van der Waals surface area contributed by atoms with E-state index < -0.39 is 12.0 Å². The van der Waals surface area contributed by atoms with Crippen LogP contribution in [-0.4, -0.2) is 22.9 Å². The molecule has 108 valence electrons. The van der Waals surface area contributed by atoms with Crippen LogP contribution >= 0.6 is 11.8 Å². The molecular formula is C16H15NO3S. The number of ether oxygens (including phenoxy) is 1. The second-order valence-electron chi connectivity index (χ2n) is 4.88. The van der Waals surface area contributed by atoms with Crippen LogP contribution in [0.15, 0.2) is 47.4 Å². The van der Waals surface area contributed by atoms with Crippen LogP contribution in [0, 0.1) is 0 Å². The van der Waals surface area contributed by atoms with Gasteiger partial charge in [-0.2, -0.15) is 0 Å². The van der Waals surface area contributed by atoms with Gasteiger partial charge in [-0.05, 0) is 23.8 Å². The second kappa shape index (κ2) is 5.79. The van der Waals surface area contributed by atoms with Gasteiger partial charge in [-0.15, -0.1) is 11.8 Å². The smallest absolute Gasteiger partial charge is 0.321 e. The van der Waals surface area contributed by atoms with Gasteiger partial charge in [-0.25, -0.2) is 0 Å². The van der Waals surface area contributed by atoms with Crippen LogP contribution < -0.4 is 10.5 Å². The maximum atomic E-state index is 10.8. The van der Waals surface area contributed by atoms with Crippen molar-refractivity contribution in [1.82, 2.24) is 0 Å². The second-order valence-corrected chi connectivity index (χ2v) is 5.94. The number of hydrogen-bond acceptors (Lipinski definition) is 4. The third-order valence-electron chi connectivity index (χ3n) is 3.39. The highest BCUT2D eigenvalue weighted by atomic mass is 32.2. The molecule has 4 nitrogen and oxygen atoms in total. The number of nitrogens with two attached hydrogens (primary N) is 1. The van der Waals surface area contributed by atoms with Gasteiger partial charge in [0.25, 0.3) is 0 Å². The van der Waals surface area contributed by atoms with Gasteiger partial charge in [0.2, 0.25) is 0 Å². The summed E-state index contributed by atoms with van der Waals surface area (Å²) in [4.78, 5) is 11.8. The molecular weight excluding hydrogens is 286 g/mol. The summed E-state index contributed by atoms with van der Waals surface area (Å²) < 4.78 is 5.91. The lowest BCUT2D eigenvalue weighted by atomic mass is 10.0. The normalized spacial score (nSPS) is 13.8. The Bertz CT molecular complexity index is 687. The SMILES string of the molecule is N[C@@H](CSc1cccc2c1Cc1ccccc1O2)C(=O)O. The van der Waals surface area contributed by atoms with Crippen LogP contribution in [0.2, 0.25) is 0 Å². The molecule has 0 fully saturated rings. The van der Waals surface area contributed by atoms with E-state index in [4.69, 9.17) is 15.6 Å². The lowest BCUT2D eigenvalue weighted by Gasteiger charge is -2.22. The summed E-state index contributed by atoms with van der Waals surface area (Å²) in [5, 5.41) is 8.87. The average molecular weight is 301 g/mol. The van der Waals surface area contributed by atoms with Crippen molar-refractivity contribution >= 4 is 17.7 Å². The number of aliphatic carboxylic acids is 1. The summed E-state index contributed by atoms with van der Waals surface area (Å²) >= 11 is 1.46. The van der Waals surface area contributed by atoms with E-state index in [-0.39, 0.29) is 0 Å². The molecule has 1 aliphatic rings. The number of carboxylic acids is 1. The van der Waals surface area contributed by atoms with E-state index in [1.165, 1.54) is 11.8 Å². The zero-order valence-corrected chi connectivity index (χ0v) is 12.1. The lowest BCUT2D eigenvalue weighted by molar-refractivity contribution is -0.137. The van der Waals surface area contributed by atoms with Crippen LogP contribution in [0.25, 0.3) is 0 Å². The summed E-state index contributed by atoms with van der Waals surface area (Å²) in [5.74, 6) is 1.08. The highest BCUT2D eigenvalue weighted by molar-refractivity contribution is 7.99. The summed E-state index contributed by atoms with van der Waals surface area (Å²) in [6.07, 6.45) is 0.789. The largest absolute Gasteiger partial charge is 0.480 e. The van der Waals surface area contributed by atoms with E-state index in [1.807, 2.05) is 42.5 Å². The quantitative estimate of drug-likeness (QED) is 0.725. The molecule has 0 amide bonds. The van der Waals surface area contributed by atoms with E-state index in [1.54, 1.807) is 0 Å². The first-order valence-corrected chi connectivity index (χ1v) is 7.62. The number of carboxylic acid groups (broad SMARTS) is 1. The van der Waals surface area contributed by atoms with E-state index in [9.17, 15) is 4.79 Å². The standard InChI is InChI=1S/C16H15NO3S/c17-12(16(18)19)9-21-15-7-3-6-14-11(15)8-10-4-1-2-5-13(10)20-14/h1-7,12H,8-9,17H2,(H,18,19)/t12-/m0/s1. The summed E-state index contributed by atoms with van der Waals surface area (Å²) in [6, 6.07) is 12.9. The Morgan fingerprint density at radius 3 is 2.81 bits per heavy atom. The molecule has 0 radical (unpaired) electrons. The number of thioether (sulfide) groups is 1. The van der Waals surface area contributed by atoms with Crippen molar-refractivity contribution in [2.24, 2.45) is 5.73 Å². The van der Waals surface area contributed by atoms with Gasteiger partial charge in [0.1, 0.15) is 17.5 Å². The van der Waals surface area contributed by atoms with Crippen LogP contribution in [0.5, 0.6) is 11.5 Å². The minimum Gasteiger partial charge on any atom is -0.480 e. The molecule has 1 heterocycles. The molecule has 0 spiro atoms. The fourth-order valence-electron chi connectivity index (χ4n) is 2.26. The van der Waals surface area contributed by atoms with Crippen molar-refractivity contribution in [3.05, 3.63) is 53.6 Å². The third kappa shape index (κ3) is 2.89. The first kappa shape index (κ1) is 14.0. The maximum Gasteiger partial charge on any atom is 0.321 e. The van der Waals surface area contributed by atoms with Crippen molar-refractivity contribution in [2.75, 3.05) is 5.75 Å². The topological polar surface area (TPSA) is 72.5 Å². The molecule has 5 heteroatoms. The van der Waals surface area contributed by atoms with Gasteiger partial charge in [0.05, 0.1) is 0 Å². The molecule has 21 heavy (non-hydrogen) atoms. The number of hydrogen-bond donors (Lipinski definition) is 2.